The molecule has 0 aliphatic carbocycles. The molecule has 0 heterocycles. The van der Waals surface area contributed by atoms with Gasteiger partial charge in [0, 0.05) is 26.7 Å². The van der Waals surface area contributed by atoms with Gasteiger partial charge in [0.15, 0.2) is 0 Å². The van der Waals surface area contributed by atoms with Crippen LogP contribution in [0, 0.1) is 11.6 Å². The van der Waals surface area contributed by atoms with Crippen LogP contribution in [0.5, 0.6) is 0 Å². The van der Waals surface area contributed by atoms with Crippen LogP contribution in [-0.4, -0.2) is 12.3 Å². The summed E-state index contributed by atoms with van der Waals surface area (Å²) in [4.78, 5) is 1.08. The summed E-state index contributed by atoms with van der Waals surface area (Å²) in [5.41, 5.74) is 0.372. The van der Waals surface area contributed by atoms with Gasteiger partial charge in [0.05, 0.1) is 0 Å². The first-order valence-corrected chi connectivity index (χ1v) is 8.45. The van der Waals surface area contributed by atoms with E-state index in [1.54, 1.807) is 11.8 Å². The van der Waals surface area contributed by atoms with Gasteiger partial charge < -0.3 is 5.32 Å². The van der Waals surface area contributed by atoms with Gasteiger partial charge in [0.25, 0.3) is 0 Å². The fraction of sp³-hybridized carbons (Fsp3) is 0.250. The van der Waals surface area contributed by atoms with E-state index in [0.29, 0.717) is 17.9 Å². The molecule has 1 N–H and O–H groups in total. The lowest BCUT2D eigenvalue weighted by Gasteiger charge is -2.19. The second-order valence-electron chi connectivity index (χ2n) is 4.52. The average molecular weight is 372 g/mol. The van der Waals surface area contributed by atoms with Crippen molar-refractivity contribution in [3.05, 3.63) is 64.1 Å². The lowest BCUT2D eigenvalue weighted by atomic mass is 10.1. The molecule has 0 radical (unpaired) electrons. The normalized spacial score (nSPS) is 12.4. The van der Waals surface area contributed by atoms with Gasteiger partial charge in [-0.1, -0.05) is 19.1 Å². The number of rotatable bonds is 6. The maximum atomic E-state index is 13.9. The van der Waals surface area contributed by atoms with Gasteiger partial charge in [0.2, 0.25) is 0 Å². The summed E-state index contributed by atoms with van der Waals surface area (Å²) >= 11 is 5.10. The molecule has 1 nitrogen and oxygen atoms in total. The Hall–Kier alpha value is -0.910. The zero-order valence-corrected chi connectivity index (χ0v) is 14.0. The van der Waals surface area contributed by atoms with Gasteiger partial charge in [-0.15, -0.1) is 11.8 Å². The molecule has 1 atom stereocenters. The first-order chi connectivity index (χ1) is 10.1. The maximum Gasteiger partial charge on any atom is 0.128 e. The molecule has 2 rings (SSSR count). The smallest absolute Gasteiger partial charge is 0.128 e. The molecule has 0 saturated carbocycles. The fourth-order valence-corrected chi connectivity index (χ4v) is 3.67. The minimum Gasteiger partial charge on any atom is -0.309 e. The van der Waals surface area contributed by atoms with Gasteiger partial charge in [-0.05, 0) is 52.8 Å². The minimum absolute atomic E-state index is 0.234. The first kappa shape index (κ1) is 16.5. The van der Waals surface area contributed by atoms with Crippen molar-refractivity contribution in [1.82, 2.24) is 5.32 Å². The van der Waals surface area contributed by atoms with E-state index >= 15 is 0 Å². The van der Waals surface area contributed by atoms with E-state index in [1.807, 2.05) is 31.2 Å². The third-order valence-corrected chi connectivity index (χ3v) is 5.15. The number of hydrogen-bond acceptors (Lipinski definition) is 2. The Balaban J connectivity index is 2.16. The predicted molar refractivity (Wildman–Crippen MR) is 87.6 cm³/mol. The number of halogens is 3. The van der Waals surface area contributed by atoms with Crippen LogP contribution < -0.4 is 5.32 Å². The van der Waals surface area contributed by atoms with Crippen LogP contribution in [0.2, 0.25) is 0 Å². The predicted octanol–water partition coefficient (Wildman–Crippen LogP) is 5.17. The topological polar surface area (TPSA) is 12.0 Å². The Labute approximate surface area is 136 Å². The highest BCUT2D eigenvalue weighted by Crippen LogP contribution is 2.31. The average Bonchev–Trinajstić information content (AvgIpc) is 2.48. The second-order valence-corrected chi connectivity index (χ2v) is 6.43. The van der Waals surface area contributed by atoms with Crippen molar-refractivity contribution < 1.29 is 8.78 Å². The molecule has 21 heavy (non-hydrogen) atoms. The summed E-state index contributed by atoms with van der Waals surface area (Å²) in [5, 5.41) is 3.21. The van der Waals surface area contributed by atoms with Crippen molar-refractivity contribution in [2.45, 2.75) is 17.9 Å². The van der Waals surface area contributed by atoms with Crippen molar-refractivity contribution in [2.24, 2.45) is 0 Å². The zero-order valence-electron chi connectivity index (χ0n) is 11.6. The van der Waals surface area contributed by atoms with E-state index < -0.39 is 5.82 Å². The van der Waals surface area contributed by atoms with Crippen LogP contribution in [0.4, 0.5) is 8.78 Å². The number of thioether (sulfide) groups is 1. The molecule has 0 fully saturated rings. The first-order valence-electron chi connectivity index (χ1n) is 6.67. The van der Waals surface area contributed by atoms with Crippen molar-refractivity contribution in [1.29, 1.82) is 0 Å². The van der Waals surface area contributed by atoms with Crippen LogP contribution in [0.1, 0.15) is 18.5 Å². The molecular weight excluding hydrogens is 356 g/mol. The van der Waals surface area contributed by atoms with Crippen LogP contribution >= 0.6 is 27.7 Å². The van der Waals surface area contributed by atoms with Gasteiger partial charge in [-0.25, -0.2) is 8.78 Å². The zero-order chi connectivity index (χ0) is 15.2. The fourth-order valence-electron chi connectivity index (χ4n) is 2.02. The van der Waals surface area contributed by atoms with Crippen molar-refractivity contribution in [3.8, 4) is 0 Å². The Morgan fingerprint density at radius 2 is 1.95 bits per heavy atom. The highest BCUT2D eigenvalue weighted by Gasteiger charge is 2.16. The van der Waals surface area contributed by atoms with E-state index in [0.717, 1.165) is 15.4 Å². The Bertz CT molecular complexity index is 607. The second kappa shape index (κ2) is 7.92. The van der Waals surface area contributed by atoms with E-state index in [4.69, 9.17) is 0 Å². The highest BCUT2D eigenvalue weighted by molar-refractivity contribution is 9.10. The SMILES string of the molecule is CCNC(CSc1ccccc1Br)c1cc(F)ccc1F. The van der Waals surface area contributed by atoms with Crippen molar-refractivity contribution >= 4 is 27.7 Å². The molecule has 112 valence electrons. The third kappa shape index (κ3) is 4.53. The van der Waals surface area contributed by atoms with Crippen LogP contribution in [-0.2, 0) is 0 Å². The lowest BCUT2D eigenvalue weighted by molar-refractivity contribution is 0.533. The van der Waals surface area contributed by atoms with E-state index in [2.05, 4.69) is 21.2 Å². The number of benzene rings is 2. The molecule has 0 spiro atoms. The summed E-state index contributed by atoms with van der Waals surface area (Å²) in [6.07, 6.45) is 0. The maximum absolute atomic E-state index is 13.9. The van der Waals surface area contributed by atoms with Gasteiger partial charge in [0.1, 0.15) is 11.6 Å². The van der Waals surface area contributed by atoms with Gasteiger partial charge >= 0.3 is 0 Å². The Kier molecular flexibility index (Phi) is 6.21. The molecule has 5 heteroatoms. The van der Waals surface area contributed by atoms with Crippen molar-refractivity contribution in [3.63, 3.8) is 0 Å². The monoisotopic (exact) mass is 371 g/mol. The molecule has 2 aromatic carbocycles. The lowest BCUT2D eigenvalue weighted by Crippen LogP contribution is -2.24. The van der Waals surface area contributed by atoms with E-state index in [9.17, 15) is 8.78 Å². The standard InChI is InChI=1S/C16H16BrF2NS/c1-2-20-15(12-9-11(18)7-8-14(12)19)10-21-16-6-4-3-5-13(16)17/h3-9,15,20H,2,10H2,1H3. The van der Waals surface area contributed by atoms with E-state index in [1.165, 1.54) is 12.1 Å². The van der Waals surface area contributed by atoms with Gasteiger partial charge in [-0.2, -0.15) is 0 Å². The minimum atomic E-state index is -0.416. The Morgan fingerprint density at radius 1 is 1.19 bits per heavy atom. The molecule has 0 bridgehead atoms. The summed E-state index contributed by atoms with van der Waals surface area (Å²) in [7, 11) is 0. The van der Waals surface area contributed by atoms with E-state index in [-0.39, 0.29) is 11.9 Å². The summed E-state index contributed by atoms with van der Waals surface area (Å²) in [6, 6.07) is 11.2. The van der Waals surface area contributed by atoms with Crippen LogP contribution in [0.3, 0.4) is 0 Å². The summed E-state index contributed by atoms with van der Waals surface area (Å²) < 4.78 is 28.3. The summed E-state index contributed by atoms with van der Waals surface area (Å²) in [6.45, 7) is 2.64. The third-order valence-electron chi connectivity index (χ3n) is 3.03. The highest BCUT2D eigenvalue weighted by atomic mass is 79.9. The molecule has 1 unspecified atom stereocenters. The Morgan fingerprint density at radius 3 is 2.67 bits per heavy atom. The molecule has 2 aromatic rings. The summed E-state index contributed by atoms with van der Waals surface area (Å²) in [5.74, 6) is -0.174. The molecule has 0 amide bonds. The largest absolute Gasteiger partial charge is 0.309 e. The molecule has 0 aliphatic heterocycles. The molecule has 0 saturated heterocycles. The molecule has 0 aliphatic rings. The molecular formula is C16H16BrF2NS. The van der Waals surface area contributed by atoms with Gasteiger partial charge in [-0.3, -0.25) is 0 Å². The number of hydrogen-bond donors (Lipinski definition) is 1. The van der Waals surface area contributed by atoms with Crippen molar-refractivity contribution in [2.75, 3.05) is 12.3 Å². The van der Waals surface area contributed by atoms with Crippen LogP contribution in [0.15, 0.2) is 51.8 Å². The number of nitrogens with one attached hydrogen (secondary N) is 1. The molecule has 0 aromatic heterocycles. The van der Waals surface area contributed by atoms with Crippen LogP contribution in [0.25, 0.3) is 0 Å². The quantitative estimate of drug-likeness (QED) is 0.702.